The molecule has 146 valence electrons. The fourth-order valence-electron chi connectivity index (χ4n) is 3.66. The number of nitrogens with one attached hydrogen (secondary N) is 1. The topological polar surface area (TPSA) is 82.8 Å². The fourth-order valence-corrected chi connectivity index (χ4v) is 3.66. The average Bonchev–Trinajstić information content (AvgIpc) is 3.29. The SMILES string of the molecule is CC1CCCN1c1cc(NC(=O)c2ccc(C(C)(C)O)cc2)nc2ccnn12. The second-order valence-corrected chi connectivity index (χ2v) is 7.88. The quantitative estimate of drug-likeness (QED) is 0.727. The third-order valence-electron chi connectivity index (χ3n) is 5.28. The van der Waals surface area contributed by atoms with Crippen molar-refractivity contribution in [1.82, 2.24) is 14.6 Å². The second kappa shape index (κ2) is 6.91. The summed E-state index contributed by atoms with van der Waals surface area (Å²) in [6.45, 7) is 6.60. The van der Waals surface area contributed by atoms with Crippen molar-refractivity contribution in [2.24, 2.45) is 0 Å². The van der Waals surface area contributed by atoms with Gasteiger partial charge in [-0.15, -0.1) is 0 Å². The molecule has 1 fully saturated rings. The zero-order valence-electron chi connectivity index (χ0n) is 16.4. The van der Waals surface area contributed by atoms with Crippen molar-refractivity contribution in [2.45, 2.75) is 45.3 Å². The van der Waals surface area contributed by atoms with Gasteiger partial charge in [-0.2, -0.15) is 9.61 Å². The predicted octanol–water partition coefficient (Wildman–Crippen LogP) is 3.20. The summed E-state index contributed by atoms with van der Waals surface area (Å²) >= 11 is 0. The number of anilines is 2. The molecule has 3 aromatic rings. The van der Waals surface area contributed by atoms with Crippen LogP contribution in [0, 0.1) is 0 Å². The van der Waals surface area contributed by atoms with Crippen LogP contribution in [0.15, 0.2) is 42.6 Å². The van der Waals surface area contributed by atoms with E-state index in [0.29, 0.717) is 23.1 Å². The van der Waals surface area contributed by atoms with Crippen molar-refractivity contribution in [3.8, 4) is 0 Å². The Bertz CT molecular complexity index is 1000. The zero-order valence-corrected chi connectivity index (χ0v) is 16.4. The molecule has 1 aliphatic heterocycles. The Morgan fingerprint density at radius 3 is 2.64 bits per heavy atom. The average molecular weight is 379 g/mol. The molecule has 0 aliphatic carbocycles. The highest BCUT2D eigenvalue weighted by Gasteiger charge is 2.24. The van der Waals surface area contributed by atoms with E-state index in [1.165, 1.54) is 0 Å². The van der Waals surface area contributed by atoms with Crippen molar-refractivity contribution >= 4 is 23.2 Å². The maximum atomic E-state index is 12.7. The largest absolute Gasteiger partial charge is 0.386 e. The first-order valence-corrected chi connectivity index (χ1v) is 9.58. The summed E-state index contributed by atoms with van der Waals surface area (Å²) in [6, 6.07) is 11.1. The summed E-state index contributed by atoms with van der Waals surface area (Å²) in [5.74, 6) is 1.20. The fraction of sp³-hybridized carbons (Fsp3) is 0.381. The Morgan fingerprint density at radius 1 is 1.25 bits per heavy atom. The summed E-state index contributed by atoms with van der Waals surface area (Å²) in [5, 5.41) is 17.3. The molecule has 1 aromatic carbocycles. The van der Waals surface area contributed by atoms with Gasteiger partial charge in [0, 0.05) is 30.3 Å². The molecule has 0 saturated carbocycles. The molecule has 4 rings (SSSR count). The standard InChI is InChI=1S/C21H25N5O2/c1-14-5-4-12-25(14)19-13-17(23-18-10-11-22-26(18)19)24-20(27)15-6-8-16(9-7-15)21(2,3)28/h6-11,13-14,28H,4-5,12H2,1-3H3,(H,23,24,27). The molecule has 7 heteroatoms. The lowest BCUT2D eigenvalue weighted by atomic mass is 9.97. The van der Waals surface area contributed by atoms with Crippen LogP contribution in [-0.2, 0) is 5.60 Å². The smallest absolute Gasteiger partial charge is 0.256 e. The van der Waals surface area contributed by atoms with Crippen molar-refractivity contribution in [2.75, 3.05) is 16.8 Å². The molecule has 1 aliphatic rings. The highest BCUT2D eigenvalue weighted by molar-refractivity contribution is 6.04. The molecule has 1 atom stereocenters. The molecule has 1 amide bonds. The van der Waals surface area contributed by atoms with E-state index in [2.05, 4.69) is 27.2 Å². The molecule has 1 saturated heterocycles. The van der Waals surface area contributed by atoms with E-state index in [1.54, 1.807) is 44.3 Å². The van der Waals surface area contributed by atoms with Gasteiger partial charge in [0.05, 0.1) is 11.8 Å². The molecule has 0 bridgehead atoms. The molecule has 2 N–H and O–H groups in total. The highest BCUT2D eigenvalue weighted by Crippen LogP contribution is 2.27. The van der Waals surface area contributed by atoms with Gasteiger partial charge in [-0.25, -0.2) is 4.98 Å². The highest BCUT2D eigenvalue weighted by atomic mass is 16.3. The maximum absolute atomic E-state index is 12.7. The Hall–Kier alpha value is -2.93. The Balaban J connectivity index is 1.62. The number of hydrogen-bond donors (Lipinski definition) is 2. The number of rotatable bonds is 4. The Kier molecular flexibility index (Phi) is 4.55. The molecule has 0 radical (unpaired) electrons. The molecule has 3 heterocycles. The molecule has 2 aromatic heterocycles. The lowest BCUT2D eigenvalue weighted by molar-refractivity contribution is 0.0785. The van der Waals surface area contributed by atoms with Crippen molar-refractivity contribution < 1.29 is 9.90 Å². The lowest BCUT2D eigenvalue weighted by Crippen LogP contribution is -2.29. The summed E-state index contributed by atoms with van der Waals surface area (Å²) in [4.78, 5) is 19.5. The first-order chi connectivity index (χ1) is 13.3. The third kappa shape index (κ3) is 3.45. The van der Waals surface area contributed by atoms with Crippen LogP contribution >= 0.6 is 0 Å². The van der Waals surface area contributed by atoms with E-state index in [-0.39, 0.29) is 5.91 Å². The number of amides is 1. The van der Waals surface area contributed by atoms with Crippen LogP contribution in [-0.4, -0.2) is 38.2 Å². The van der Waals surface area contributed by atoms with Crippen molar-refractivity contribution in [3.63, 3.8) is 0 Å². The van der Waals surface area contributed by atoms with Gasteiger partial charge in [-0.05, 0) is 51.3 Å². The number of benzene rings is 1. The first kappa shape index (κ1) is 18.4. The van der Waals surface area contributed by atoms with Crippen LogP contribution in [0.2, 0.25) is 0 Å². The molecular weight excluding hydrogens is 354 g/mol. The predicted molar refractivity (Wildman–Crippen MR) is 109 cm³/mol. The van der Waals surface area contributed by atoms with Crippen molar-refractivity contribution in [1.29, 1.82) is 0 Å². The van der Waals surface area contributed by atoms with Crippen molar-refractivity contribution in [3.05, 3.63) is 53.7 Å². The first-order valence-electron chi connectivity index (χ1n) is 9.58. The molecule has 7 nitrogen and oxygen atoms in total. The van der Waals surface area contributed by atoms with E-state index in [4.69, 9.17) is 0 Å². The Labute approximate surface area is 164 Å². The van der Waals surface area contributed by atoms with Gasteiger partial charge in [-0.1, -0.05) is 12.1 Å². The number of hydrogen-bond acceptors (Lipinski definition) is 5. The third-order valence-corrected chi connectivity index (χ3v) is 5.28. The summed E-state index contributed by atoms with van der Waals surface area (Å²) in [5.41, 5.74) is 1.03. The summed E-state index contributed by atoms with van der Waals surface area (Å²) < 4.78 is 1.82. The minimum atomic E-state index is -0.940. The number of carbonyl (C=O) groups is 1. The van der Waals surface area contributed by atoms with E-state index in [0.717, 1.165) is 30.8 Å². The van der Waals surface area contributed by atoms with Gasteiger partial charge in [0.25, 0.3) is 5.91 Å². The van der Waals surface area contributed by atoms with E-state index in [1.807, 2.05) is 16.6 Å². The van der Waals surface area contributed by atoms with Gasteiger partial charge < -0.3 is 15.3 Å². The van der Waals surface area contributed by atoms with E-state index in [9.17, 15) is 9.90 Å². The minimum absolute atomic E-state index is 0.237. The minimum Gasteiger partial charge on any atom is -0.386 e. The maximum Gasteiger partial charge on any atom is 0.256 e. The van der Waals surface area contributed by atoms with Gasteiger partial charge in [0.15, 0.2) is 5.65 Å². The summed E-state index contributed by atoms with van der Waals surface area (Å²) in [7, 11) is 0. The van der Waals surface area contributed by atoms with Gasteiger partial charge >= 0.3 is 0 Å². The van der Waals surface area contributed by atoms with Crippen LogP contribution in [0.4, 0.5) is 11.6 Å². The number of aromatic nitrogens is 3. The second-order valence-electron chi connectivity index (χ2n) is 7.88. The lowest BCUT2D eigenvalue weighted by Gasteiger charge is -2.24. The van der Waals surface area contributed by atoms with Crippen LogP contribution in [0.1, 0.15) is 49.5 Å². The van der Waals surface area contributed by atoms with Crippen LogP contribution in [0.25, 0.3) is 5.65 Å². The molecule has 0 spiro atoms. The normalized spacial score (nSPS) is 17.3. The number of aliphatic hydroxyl groups is 1. The van der Waals surface area contributed by atoms with Crippen LogP contribution in [0.5, 0.6) is 0 Å². The van der Waals surface area contributed by atoms with Gasteiger partial charge in [0.2, 0.25) is 0 Å². The Morgan fingerprint density at radius 2 is 2.00 bits per heavy atom. The summed E-state index contributed by atoms with van der Waals surface area (Å²) in [6.07, 6.45) is 4.00. The van der Waals surface area contributed by atoms with E-state index >= 15 is 0 Å². The number of carbonyl (C=O) groups excluding carboxylic acids is 1. The molecule has 28 heavy (non-hydrogen) atoms. The molecular formula is C21H25N5O2. The van der Waals surface area contributed by atoms with Gasteiger partial charge in [0.1, 0.15) is 11.6 Å². The van der Waals surface area contributed by atoms with Gasteiger partial charge in [-0.3, -0.25) is 4.79 Å². The molecule has 1 unspecified atom stereocenters. The zero-order chi connectivity index (χ0) is 19.9. The van der Waals surface area contributed by atoms with Crippen LogP contribution in [0.3, 0.4) is 0 Å². The van der Waals surface area contributed by atoms with E-state index < -0.39 is 5.60 Å². The number of nitrogens with zero attached hydrogens (tertiary/aromatic N) is 4. The van der Waals surface area contributed by atoms with Crippen LogP contribution < -0.4 is 10.2 Å². The number of fused-ring (bicyclic) bond motifs is 1. The monoisotopic (exact) mass is 379 g/mol.